The first-order valence-corrected chi connectivity index (χ1v) is 5.48. The number of phenolic OH excluding ortho intramolecular Hbond substituents is 2. The van der Waals surface area contributed by atoms with Gasteiger partial charge in [0.25, 0.3) is 0 Å². The standard InChI is InChI=1S/C6H12N2O.C6H6O2/c1-7-2-4-8(6-9)5-3-7;7-5-3-1-2-4-6(5)8/h6H,2-5H2,1H3;1-4,7-8H. The highest BCUT2D eigenvalue weighted by Crippen LogP contribution is 2.21. The lowest BCUT2D eigenvalue weighted by molar-refractivity contribution is -0.119. The van der Waals surface area contributed by atoms with Crippen LogP contribution in [0.15, 0.2) is 24.3 Å². The topological polar surface area (TPSA) is 64.0 Å². The maximum atomic E-state index is 10.2. The molecule has 5 heteroatoms. The molecule has 0 aliphatic carbocycles. The van der Waals surface area contributed by atoms with Crippen LogP contribution in [0.1, 0.15) is 0 Å². The largest absolute Gasteiger partial charge is 0.504 e. The van der Waals surface area contributed by atoms with Crippen LogP contribution in [-0.4, -0.2) is 59.6 Å². The third-order valence-corrected chi connectivity index (χ3v) is 2.57. The number of phenols is 2. The maximum absolute atomic E-state index is 10.2. The van der Waals surface area contributed by atoms with Crippen molar-refractivity contribution in [1.29, 1.82) is 0 Å². The van der Waals surface area contributed by atoms with Crippen LogP contribution in [0.4, 0.5) is 0 Å². The van der Waals surface area contributed by atoms with E-state index in [2.05, 4.69) is 11.9 Å². The highest BCUT2D eigenvalue weighted by molar-refractivity contribution is 5.47. The number of amides is 1. The van der Waals surface area contributed by atoms with Crippen molar-refractivity contribution in [3.8, 4) is 11.5 Å². The zero-order valence-electron chi connectivity index (χ0n) is 9.91. The van der Waals surface area contributed by atoms with Gasteiger partial charge in [0.1, 0.15) is 0 Å². The van der Waals surface area contributed by atoms with Crippen molar-refractivity contribution in [1.82, 2.24) is 9.80 Å². The molecule has 17 heavy (non-hydrogen) atoms. The van der Waals surface area contributed by atoms with E-state index in [1.54, 1.807) is 17.0 Å². The van der Waals surface area contributed by atoms with Crippen molar-refractivity contribution in [3.05, 3.63) is 24.3 Å². The van der Waals surface area contributed by atoms with Crippen LogP contribution in [0.3, 0.4) is 0 Å². The van der Waals surface area contributed by atoms with E-state index in [4.69, 9.17) is 10.2 Å². The second kappa shape index (κ2) is 6.75. The summed E-state index contributed by atoms with van der Waals surface area (Å²) in [6, 6.07) is 6.15. The van der Waals surface area contributed by atoms with Crippen molar-refractivity contribution < 1.29 is 15.0 Å². The van der Waals surface area contributed by atoms with Crippen molar-refractivity contribution in [2.45, 2.75) is 0 Å². The van der Waals surface area contributed by atoms with Gasteiger partial charge in [-0.2, -0.15) is 0 Å². The number of rotatable bonds is 1. The van der Waals surface area contributed by atoms with E-state index in [1.807, 2.05) is 0 Å². The molecule has 1 heterocycles. The minimum atomic E-state index is -0.0764. The molecule has 0 radical (unpaired) electrons. The van der Waals surface area contributed by atoms with E-state index in [1.165, 1.54) is 12.1 Å². The number of para-hydroxylation sites is 2. The Morgan fingerprint density at radius 3 is 1.88 bits per heavy atom. The quantitative estimate of drug-likeness (QED) is 0.552. The summed E-state index contributed by atoms with van der Waals surface area (Å²) in [5, 5.41) is 17.3. The number of hydrogen-bond acceptors (Lipinski definition) is 4. The normalized spacial score (nSPS) is 15.9. The molecule has 1 aliphatic rings. The maximum Gasteiger partial charge on any atom is 0.209 e. The fraction of sp³-hybridized carbons (Fsp3) is 0.417. The lowest BCUT2D eigenvalue weighted by Crippen LogP contribution is -2.43. The fourth-order valence-corrected chi connectivity index (χ4v) is 1.39. The third-order valence-electron chi connectivity index (χ3n) is 2.57. The number of piperazine rings is 1. The summed E-state index contributed by atoms with van der Waals surface area (Å²) in [6.45, 7) is 3.80. The Balaban J connectivity index is 0.000000171. The molecule has 1 saturated heterocycles. The number of aromatic hydroxyl groups is 2. The molecule has 1 aromatic carbocycles. The van der Waals surface area contributed by atoms with Crippen LogP contribution in [0.25, 0.3) is 0 Å². The van der Waals surface area contributed by atoms with Gasteiger partial charge in [-0.3, -0.25) is 4.79 Å². The fourth-order valence-electron chi connectivity index (χ4n) is 1.39. The van der Waals surface area contributed by atoms with Crippen molar-refractivity contribution in [3.63, 3.8) is 0 Å². The summed E-state index contributed by atoms with van der Waals surface area (Å²) in [7, 11) is 2.07. The SMILES string of the molecule is CN1CCN(C=O)CC1.Oc1ccccc1O. The van der Waals surface area contributed by atoms with E-state index < -0.39 is 0 Å². The van der Waals surface area contributed by atoms with E-state index in [-0.39, 0.29) is 11.5 Å². The number of carbonyl (C=O) groups excluding carboxylic acids is 1. The Kier molecular flexibility index (Phi) is 5.29. The van der Waals surface area contributed by atoms with Crippen molar-refractivity contribution >= 4 is 6.41 Å². The highest BCUT2D eigenvalue weighted by atomic mass is 16.3. The molecule has 0 unspecified atom stereocenters. The Labute approximate surface area is 101 Å². The average molecular weight is 238 g/mol. The molecule has 1 aliphatic heterocycles. The van der Waals surface area contributed by atoms with Crippen LogP contribution in [0.5, 0.6) is 11.5 Å². The number of benzene rings is 1. The van der Waals surface area contributed by atoms with Crippen LogP contribution < -0.4 is 0 Å². The Hall–Kier alpha value is -1.75. The molecule has 1 amide bonds. The van der Waals surface area contributed by atoms with Gasteiger partial charge < -0.3 is 20.0 Å². The smallest absolute Gasteiger partial charge is 0.209 e. The van der Waals surface area contributed by atoms with E-state index in [0.717, 1.165) is 32.6 Å². The summed E-state index contributed by atoms with van der Waals surface area (Å²) in [5.74, 6) is -0.153. The molecule has 0 bridgehead atoms. The van der Waals surface area contributed by atoms with E-state index in [9.17, 15) is 4.79 Å². The van der Waals surface area contributed by atoms with Gasteiger partial charge >= 0.3 is 0 Å². The van der Waals surface area contributed by atoms with Crippen LogP contribution in [0, 0.1) is 0 Å². The van der Waals surface area contributed by atoms with E-state index >= 15 is 0 Å². The van der Waals surface area contributed by atoms with Crippen LogP contribution in [-0.2, 0) is 4.79 Å². The third kappa shape index (κ3) is 4.74. The van der Waals surface area contributed by atoms with Crippen LogP contribution in [0.2, 0.25) is 0 Å². The van der Waals surface area contributed by atoms with Gasteiger partial charge in [0, 0.05) is 26.2 Å². The van der Waals surface area contributed by atoms with Gasteiger partial charge in [0.15, 0.2) is 11.5 Å². The predicted octanol–water partition coefficient (Wildman–Crippen LogP) is 0.488. The van der Waals surface area contributed by atoms with Crippen molar-refractivity contribution in [2.24, 2.45) is 0 Å². The minimum absolute atomic E-state index is 0.0764. The predicted molar refractivity (Wildman–Crippen MR) is 64.9 cm³/mol. The summed E-state index contributed by atoms with van der Waals surface area (Å²) >= 11 is 0. The van der Waals surface area contributed by atoms with E-state index in [0.29, 0.717) is 0 Å². The minimum Gasteiger partial charge on any atom is -0.504 e. The first-order chi connectivity index (χ1) is 8.13. The van der Waals surface area contributed by atoms with Gasteiger partial charge in [0.05, 0.1) is 0 Å². The van der Waals surface area contributed by atoms with Gasteiger partial charge in [0.2, 0.25) is 6.41 Å². The second-order valence-corrected chi connectivity index (χ2v) is 3.93. The number of likely N-dealkylation sites (N-methyl/N-ethyl adjacent to an activating group) is 1. The summed E-state index contributed by atoms with van der Waals surface area (Å²) < 4.78 is 0. The Morgan fingerprint density at radius 1 is 1.06 bits per heavy atom. The number of nitrogens with zero attached hydrogens (tertiary/aromatic N) is 2. The van der Waals surface area contributed by atoms with Crippen LogP contribution >= 0.6 is 0 Å². The zero-order valence-corrected chi connectivity index (χ0v) is 9.91. The van der Waals surface area contributed by atoms with Gasteiger partial charge in [-0.15, -0.1) is 0 Å². The zero-order chi connectivity index (χ0) is 12.7. The summed E-state index contributed by atoms with van der Waals surface area (Å²) in [6.07, 6.45) is 0.924. The Bertz CT molecular complexity index is 328. The van der Waals surface area contributed by atoms with Gasteiger partial charge in [-0.25, -0.2) is 0 Å². The molecule has 0 atom stereocenters. The monoisotopic (exact) mass is 238 g/mol. The molecule has 94 valence electrons. The lowest BCUT2D eigenvalue weighted by atomic mass is 10.3. The molecule has 0 saturated carbocycles. The lowest BCUT2D eigenvalue weighted by Gasteiger charge is -2.29. The first-order valence-electron chi connectivity index (χ1n) is 5.48. The van der Waals surface area contributed by atoms with Gasteiger partial charge in [-0.05, 0) is 19.2 Å². The molecular formula is C12H18N2O3. The molecule has 2 rings (SSSR count). The van der Waals surface area contributed by atoms with Crippen molar-refractivity contribution in [2.75, 3.05) is 33.2 Å². The molecule has 5 nitrogen and oxygen atoms in total. The average Bonchev–Trinajstić information content (AvgIpc) is 2.35. The molecule has 0 spiro atoms. The molecule has 0 aromatic heterocycles. The number of carbonyl (C=O) groups is 1. The molecule has 1 fully saturated rings. The highest BCUT2D eigenvalue weighted by Gasteiger charge is 2.10. The summed E-state index contributed by atoms with van der Waals surface area (Å²) in [5.41, 5.74) is 0. The molecule has 1 aromatic rings. The summed E-state index contributed by atoms with van der Waals surface area (Å²) in [4.78, 5) is 14.2. The molecular weight excluding hydrogens is 220 g/mol. The van der Waals surface area contributed by atoms with Gasteiger partial charge in [-0.1, -0.05) is 12.1 Å². The second-order valence-electron chi connectivity index (χ2n) is 3.93. The first kappa shape index (κ1) is 13.3. The molecule has 2 N–H and O–H groups in total. The number of hydrogen-bond donors (Lipinski definition) is 2. The Morgan fingerprint density at radius 2 is 1.53 bits per heavy atom.